The molecular formula is C23H27Cl3N2O5. The average molecular weight is 518 g/mol. The first-order chi connectivity index (χ1) is 15.3. The largest absolute Gasteiger partial charge is 0.492 e. The van der Waals surface area contributed by atoms with Gasteiger partial charge in [-0.25, -0.2) is 4.79 Å². The second-order valence-corrected chi connectivity index (χ2v) is 8.48. The summed E-state index contributed by atoms with van der Waals surface area (Å²) in [5, 5.41) is 16.3. The van der Waals surface area contributed by atoms with E-state index in [1.165, 1.54) is 12.1 Å². The van der Waals surface area contributed by atoms with E-state index in [1.54, 1.807) is 30.3 Å². The molecule has 1 amide bonds. The summed E-state index contributed by atoms with van der Waals surface area (Å²) in [6.07, 6.45) is 1.08. The highest BCUT2D eigenvalue weighted by molar-refractivity contribution is 6.42. The van der Waals surface area contributed by atoms with Crippen molar-refractivity contribution >= 4 is 47.5 Å². The SMILES string of the molecule is C[C@H](NC(=O)C1(NCCOc2ccc(Cl)c(Cl)c2)CCOCC1)c1ccc(C(=O)O)cc1.Cl. The summed E-state index contributed by atoms with van der Waals surface area (Å²) in [5.41, 5.74) is 0.263. The van der Waals surface area contributed by atoms with Gasteiger partial charge in [0.1, 0.15) is 17.9 Å². The lowest BCUT2D eigenvalue weighted by molar-refractivity contribution is -0.132. The maximum Gasteiger partial charge on any atom is 0.335 e. The highest BCUT2D eigenvalue weighted by Gasteiger charge is 2.40. The van der Waals surface area contributed by atoms with Gasteiger partial charge in [-0.1, -0.05) is 35.3 Å². The van der Waals surface area contributed by atoms with E-state index in [4.69, 9.17) is 37.8 Å². The molecule has 33 heavy (non-hydrogen) atoms. The number of carbonyl (C=O) groups excluding carboxylic acids is 1. The molecule has 1 atom stereocenters. The van der Waals surface area contributed by atoms with Crippen LogP contribution < -0.4 is 15.4 Å². The zero-order valence-electron chi connectivity index (χ0n) is 18.1. The first-order valence-electron chi connectivity index (χ1n) is 10.4. The highest BCUT2D eigenvalue weighted by Crippen LogP contribution is 2.26. The molecule has 0 saturated carbocycles. The zero-order chi connectivity index (χ0) is 23.1. The number of amides is 1. The van der Waals surface area contributed by atoms with Crippen LogP contribution in [0.3, 0.4) is 0 Å². The van der Waals surface area contributed by atoms with Crippen LogP contribution in [-0.4, -0.2) is 48.9 Å². The van der Waals surface area contributed by atoms with Crippen LogP contribution in [0.15, 0.2) is 42.5 Å². The molecule has 7 nitrogen and oxygen atoms in total. The van der Waals surface area contributed by atoms with Crippen LogP contribution in [0.2, 0.25) is 10.0 Å². The summed E-state index contributed by atoms with van der Waals surface area (Å²) in [6.45, 7) is 3.63. The van der Waals surface area contributed by atoms with Gasteiger partial charge in [0.15, 0.2) is 0 Å². The second kappa shape index (κ2) is 12.4. The fourth-order valence-electron chi connectivity index (χ4n) is 3.56. The zero-order valence-corrected chi connectivity index (χ0v) is 20.4. The molecule has 2 aromatic carbocycles. The van der Waals surface area contributed by atoms with Crippen molar-refractivity contribution in [3.05, 3.63) is 63.6 Å². The third kappa shape index (κ3) is 7.22. The van der Waals surface area contributed by atoms with Crippen LogP contribution in [0.4, 0.5) is 0 Å². The number of carbonyl (C=O) groups is 2. The molecule has 1 aliphatic rings. The number of ether oxygens (including phenoxy) is 2. The quantitative estimate of drug-likeness (QED) is 0.424. The Labute approximate surface area is 209 Å². The number of hydrogen-bond acceptors (Lipinski definition) is 5. The summed E-state index contributed by atoms with van der Waals surface area (Å²) >= 11 is 11.9. The Kier molecular flexibility index (Phi) is 10.3. The van der Waals surface area contributed by atoms with Crippen molar-refractivity contribution in [2.24, 2.45) is 0 Å². The van der Waals surface area contributed by atoms with Gasteiger partial charge in [-0.2, -0.15) is 0 Å². The van der Waals surface area contributed by atoms with Crippen LogP contribution in [0, 0.1) is 0 Å². The minimum atomic E-state index is -0.985. The lowest BCUT2D eigenvalue weighted by Gasteiger charge is -2.37. The normalized spacial score (nSPS) is 15.7. The van der Waals surface area contributed by atoms with Crippen molar-refractivity contribution in [2.45, 2.75) is 31.3 Å². The van der Waals surface area contributed by atoms with Crippen molar-refractivity contribution < 1.29 is 24.2 Å². The topological polar surface area (TPSA) is 96.9 Å². The van der Waals surface area contributed by atoms with Gasteiger partial charge in [-0.15, -0.1) is 12.4 Å². The molecule has 1 saturated heterocycles. The number of carboxylic acid groups (broad SMARTS) is 1. The maximum absolute atomic E-state index is 13.2. The Morgan fingerprint density at radius 1 is 1.12 bits per heavy atom. The summed E-state index contributed by atoms with van der Waals surface area (Å²) in [4.78, 5) is 24.3. The Morgan fingerprint density at radius 3 is 2.39 bits per heavy atom. The average Bonchev–Trinajstić information content (AvgIpc) is 2.79. The smallest absolute Gasteiger partial charge is 0.335 e. The fraction of sp³-hybridized carbons (Fsp3) is 0.391. The summed E-state index contributed by atoms with van der Waals surface area (Å²) in [6, 6.07) is 11.3. The molecule has 0 unspecified atom stereocenters. The number of nitrogens with one attached hydrogen (secondary N) is 2. The van der Waals surface area contributed by atoms with E-state index in [1.807, 2.05) is 6.92 Å². The van der Waals surface area contributed by atoms with Crippen LogP contribution in [0.5, 0.6) is 5.75 Å². The molecule has 0 spiro atoms. The van der Waals surface area contributed by atoms with E-state index >= 15 is 0 Å². The second-order valence-electron chi connectivity index (χ2n) is 7.67. The van der Waals surface area contributed by atoms with Gasteiger partial charge in [0.25, 0.3) is 0 Å². The summed E-state index contributed by atoms with van der Waals surface area (Å²) < 4.78 is 11.2. The van der Waals surface area contributed by atoms with Gasteiger partial charge < -0.3 is 19.9 Å². The Balaban J connectivity index is 0.00000385. The molecule has 1 heterocycles. The van der Waals surface area contributed by atoms with Crippen LogP contribution in [0.25, 0.3) is 0 Å². The van der Waals surface area contributed by atoms with Crippen LogP contribution in [-0.2, 0) is 9.53 Å². The molecular weight excluding hydrogens is 491 g/mol. The van der Waals surface area contributed by atoms with Gasteiger partial charge in [0.05, 0.1) is 21.7 Å². The first kappa shape index (κ1) is 27.2. The van der Waals surface area contributed by atoms with E-state index in [0.29, 0.717) is 55.0 Å². The van der Waals surface area contributed by atoms with Crippen molar-refractivity contribution in [1.82, 2.24) is 10.6 Å². The van der Waals surface area contributed by atoms with Crippen molar-refractivity contribution in [3.8, 4) is 5.75 Å². The summed E-state index contributed by atoms with van der Waals surface area (Å²) in [7, 11) is 0. The Morgan fingerprint density at radius 2 is 1.79 bits per heavy atom. The predicted molar refractivity (Wildman–Crippen MR) is 130 cm³/mol. The van der Waals surface area contributed by atoms with Crippen LogP contribution in [0.1, 0.15) is 41.7 Å². The molecule has 3 N–H and O–H groups in total. The molecule has 0 aliphatic carbocycles. The standard InChI is InChI=1S/C23H26Cl2N2O5.ClH/c1-15(16-2-4-17(5-3-16)21(28)29)27-22(30)23(8-11-31-12-9-23)26-10-13-32-18-6-7-19(24)20(25)14-18;/h2-7,14-15,26H,8-13H2,1H3,(H,27,30)(H,28,29);1H/t15-;/m0./s1. The monoisotopic (exact) mass is 516 g/mol. The Hall–Kier alpha value is -2.03. The minimum Gasteiger partial charge on any atom is -0.492 e. The molecule has 3 rings (SSSR count). The van der Waals surface area contributed by atoms with Crippen LogP contribution >= 0.6 is 35.6 Å². The van der Waals surface area contributed by atoms with Gasteiger partial charge in [0.2, 0.25) is 5.91 Å². The first-order valence-corrected chi connectivity index (χ1v) is 11.1. The molecule has 2 aromatic rings. The molecule has 1 fully saturated rings. The molecule has 0 aromatic heterocycles. The molecule has 1 aliphatic heterocycles. The number of benzene rings is 2. The maximum atomic E-state index is 13.2. The molecule has 10 heteroatoms. The number of aromatic carboxylic acids is 1. The van der Waals surface area contributed by atoms with E-state index in [-0.39, 0.29) is 29.9 Å². The lowest BCUT2D eigenvalue weighted by atomic mass is 9.88. The van der Waals surface area contributed by atoms with Gasteiger partial charge in [-0.3, -0.25) is 10.1 Å². The fourth-order valence-corrected chi connectivity index (χ4v) is 3.85. The summed E-state index contributed by atoms with van der Waals surface area (Å²) in [5.74, 6) is -0.503. The van der Waals surface area contributed by atoms with E-state index in [2.05, 4.69) is 10.6 Å². The van der Waals surface area contributed by atoms with E-state index in [0.717, 1.165) is 5.56 Å². The van der Waals surface area contributed by atoms with Gasteiger partial charge in [-0.05, 0) is 49.6 Å². The van der Waals surface area contributed by atoms with E-state index in [9.17, 15) is 9.59 Å². The highest BCUT2D eigenvalue weighted by atomic mass is 35.5. The lowest BCUT2D eigenvalue weighted by Crippen LogP contribution is -2.60. The van der Waals surface area contributed by atoms with Crippen molar-refractivity contribution in [1.29, 1.82) is 0 Å². The number of rotatable bonds is 9. The number of halogens is 3. The van der Waals surface area contributed by atoms with Gasteiger partial charge in [0, 0.05) is 25.8 Å². The van der Waals surface area contributed by atoms with Crippen molar-refractivity contribution in [3.63, 3.8) is 0 Å². The Bertz CT molecular complexity index is 950. The molecule has 180 valence electrons. The number of carboxylic acids is 1. The van der Waals surface area contributed by atoms with Crippen molar-refractivity contribution in [2.75, 3.05) is 26.4 Å². The molecule has 0 bridgehead atoms. The number of hydrogen-bond donors (Lipinski definition) is 3. The predicted octanol–water partition coefficient (Wildman–Crippen LogP) is 4.51. The third-order valence-electron chi connectivity index (χ3n) is 5.51. The van der Waals surface area contributed by atoms with Gasteiger partial charge >= 0.3 is 5.97 Å². The van der Waals surface area contributed by atoms with E-state index < -0.39 is 11.5 Å². The molecule has 0 radical (unpaired) electrons. The third-order valence-corrected chi connectivity index (χ3v) is 6.25. The minimum absolute atomic E-state index is 0.